The van der Waals surface area contributed by atoms with Crippen LogP contribution in [0.25, 0.3) is 10.4 Å². The van der Waals surface area contributed by atoms with Gasteiger partial charge in [0.1, 0.15) is 0 Å². The van der Waals surface area contributed by atoms with Crippen LogP contribution in [0.15, 0.2) is 24.5 Å². The van der Waals surface area contributed by atoms with E-state index < -0.39 is 0 Å². The lowest BCUT2D eigenvalue weighted by Crippen LogP contribution is -2.55. The van der Waals surface area contributed by atoms with Gasteiger partial charge in [0.15, 0.2) is 5.13 Å². The van der Waals surface area contributed by atoms with Crippen LogP contribution in [0.1, 0.15) is 5.69 Å². The average Bonchev–Trinajstić information content (AvgIpc) is 2.79. The fourth-order valence-corrected chi connectivity index (χ4v) is 3.11. The first-order chi connectivity index (χ1) is 10.2. The second-order valence-corrected chi connectivity index (χ2v) is 5.86. The number of rotatable bonds is 3. The van der Waals surface area contributed by atoms with Crippen molar-refractivity contribution in [2.24, 2.45) is 0 Å². The van der Waals surface area contributed by atoms with Gasteiger partial charge in [-0.25, -0.2) is 9.78 Å². The highest BCUT2D eigenvalue weighted by molar-refractivity contribution is 7.19. The molecule has 7 heteroatoms. The maximum absolute atomic E-state index is 12.0. The summed E-state index contributed by atoms with van der Waals surface area (Å²) in [7, 11) is 1.66. The van der Waals surface area contributed by atoms with Crippen molar-refractivity contribution < 1.29 is 9.53 Å². The fraction of sp³-hybridized carbons (Fsp3) is 0.357. The number of methoxy groups -OCH3 is 1. The van der Waals surface area contributed by atoms with Crippen LogP contribution in [0, 0.1) is 6.92 Å². The van der Waals surface area contributed by atoms with Gasteiger partial charge in [0.25, 0.3) is 0 Å². The number of hydrogen-bond donors (Lipinski definition) is 1. The first-order valence-electron chi connectivity index (χ1n) is 6.64. The molecule has 0 aliphatic carbocycles. The summed E-state index contributed by atoms with van der Waals surface area (Å²) in [6, 6.07) is 3.74. The summed E-state index contributed by atoms with van der Waals surface area (Å²) < 4.78 is 5.16. The first-order valence-corrected chi connectivity index (χ1v) is 7.45. The standard InChI is InChI=1S/C14H16N4O2S/c1-9-12(10-3-5-15-6-4-10)21-13(16-9)17-14(19)18-7-11(8-18)20-2/h3-6,11H,7-8H2,1-2H3,(H,16,17,19). The Kier molecular flexibility index (Phi) is 3.85. The topological polar surface area (TPSA) is 67.3 Å². The van der Waals surface area contributed by atoms with Crippen LogP contribution >= 0.6 is 11.3 Å². The molecule has 1 saturated heterocycles. The summed E-state index contributed by atoms with van der Waals surface area (Å²) in [5.41, 5.74) is 1.96. The molecule has 0 atom stereocenters. The number of amides is 2. The molecule has 3 rings (SSSR count). The number of pyridine rings is 1. The molecule has 0 bridgehead atoms. The molecule has 21 heavy (non-hydrogen) atoms. The van der Waals surface area contributed by atoms with Gasteiger partial charge in [0, 0.05) is 19.5 Å². The summed E-state index contributed by atoms with van der Waals surface area (Å²) in [5.74, 6) is 0. The molecule has 1 aliphatic rings. The zero-order chi connectivity index (χ0) is 14.8. The number of nitrogens with zero attached hydrogens (tertiary/aromatic N) is 3. The van der Waals surface area contributed by atoms with Crippen molar-refractivity contribution in [2.75, 3.05) is 25.5 Å². The minimum Gasteiger partial charge on any atom is -0.378 e. The van der Waals surface area contributed by atoms with Gasteiger partial charge >= 0.3 is 6.03 Å². The second kappa shape index (κ2) is 5.79. The highest BCUT2D eigenvalue weighted by Crippen LogP contribution is 2.32. The summed E-state index contributed by atoms with van der Waals surface area (Å²) >= 11 is 1.47. The van der Waals surface area contributed by atoms with E-state index in [-0.39, 0.29) is 12.1 Å². The summed E-state index contributed by atoms with van der Waals surface area (Å²) in [6.45, 7) is 3.19. The Labute approximate surface area is 126 Å². The lowest BCUT2D eigenvalue weighted by molar-refractivity contribution is -0.00465. The van der Waals surface area contributed by atoms with E-state index >= 15 is 0 Å². The summed E-state index contributed by atoms with van der Waals surface area (Å²) in [6.07, 6.45) is 3.65. The third kappa shape index (κ3) is 2.88. The minimum absolute atomic E-state index is 0.127. The fourth-order valence-electron chi connectivity index (χ4n) is 2.14. The van der Waals surface area contributed by atoms with Gasteiger partial charge in [-0.05, 0) is 24.6 Å². The normalized spacial score (nSPS) is 14.9. The molecule has 0 radical (unpaired) electrons. The summed E-state index contributed by atoms with van der Waals surface area (Å²) in [4.78, 5) is 23.2. The molecule has 6 nitrogen and oxygen atoms in total. The number of likely N-dealkylation sites (tertiary alicyclic amines) is 1. The lowest BCUT2D eigenvalue weighted by atomic mass is 10.2. The molecule has 1 aliphatic heterocycles. The SMILES string of the molecule is COC1CN(C(=O)Nc2nc(C)c(-c3ccncc3)s2)C1. The Morgan fingerprint density at radius 2 is 2.14 bits per heavy atom. The van der Waals surface area contributed by atoms with Gasteiger partial charge in [0.05, 0.1) is 29.8 Å². The third-order valence-corrected chi connectivity index (χ3v) is 4.54. The van der Waals surface area contributed by atoms with E-state index in [1.165, 1.54) is 11.3 Å². The molecule has 0 spiro atoms. The van der Waals surface area contributed by atoms with Gasteiger partial charge < -0.3 is 9.64 Å². The maximum Gasteiger partial charge on any atom is 0.323 e. The first kappa shape index (κ1) is 14.0. The minimum atomic E-state index is -0.127. The quantitative estimate of drug-likeness (QED) is 0.945. The number of thiazole rings is 1. The van der Waals surface area contributed by atoms with Crippen molar-refractivity contribution in [1.29, 1.82) is 0 Å². The zero-order valence-corrected chi connectivity index (χ0v) is 12.7. The van der Waals surface area contributed by atoms with Gasteiger partial charge in [0.2, 0.25) is 0 Å². The van der Waals surface area contributed by atoms with Gasteiger partial charge in [-0.1, -0.05) is 11.3 Å². The van der Waals surface area contributed by atoms with E-state index in [1.54, 1.807) is 24.4 Å². The van der Waals surface area contributed by atoms with Crippen LogP contribution in [-0.4, -0.2) is 47.2 Å². The predicted molar refractivity (Wildman–Crippen MR) is 81.5 cm³/mol. The number of aryl methyl sites for hydroxylation is 1. The highest BCUT2D eigenvalue weighted by atomic mass is 32.1. The second-order valence-electron chi connectivity index (χ2n) is 4.86. The van der Waals surface area contributed by atoms with E-state index in [4.69, 9.17) is 4.74 Å². The smallest absolute Gasteiger partial charge is 0.323 e. The molecule has 0 aromatic carbocycles. The Bertz CT molecular complexity index is 638. The van der Waals surface area contributed by atoms with Gasteiger partial charge in [-0.15, -0.1) is 0 Å². The Morgan fingerprint density at radius 3 is 2.81 bits per heavy atom. The van der Waals surface area contributed by atoms with Crippen LogP contribution in [0.5, 0.6) is 0 Å². The number of anilines is 1. The van der Waals surface area contributed by atoms with Crippen LogP contribution in [0.2, 0.25) is 0 Å². The number of carbonyl (C=O) groups excluding carboxylic acids is 1. The van der Waals surface area contributed by atoms with Crippen molar-refractivity contribution in [1.82, 2.24) is 14.9 Å². The van der Waals surface area contributed by atoms with Crippen LogP contribution < -0.4 is 5.32 Å². The van der Waals surface area contributed by atoms with Crippen molar-refractivity contribution >= 4 is 22.5 Å². The molecule has 0 saturated carbocycles. The lowest BCUT2D eigenvalue weighted by Gasteiger charge is -2.37. The van der Waals surface area contributed by atoms with Gasteiger partial charge in [-0.3, -0.25) is 10.3 Å². The molecular weight excluding hydrogens is 288 g/mol. The van der Waals surface area contributed by atoms with Crippen molar-refractivity contribution in [3.05, 3.63) is 30.2 Å². The number of carbonyl (C=O) groups is 1. The van der Waals surface area contributed by atoms with E-state index in [0.29, 0.717) is 18.2 Å². The average molecular weight is 304 g/mol. The van der Waals surface area contributed by atoms with Crippen molar-refractivity contribution in [2.45, 2.75) is 13.0 Å². The van der Waals surface area contributed by atoms with E-state index in [9.17, 15) is 4.79 Å². The van der Waals surface area contributed by atoms with E-state index in [0.717, 1.165) is 16.1 Å². The maximum atomic E-state index is 12.0. The predicted octanol–water partition coefficient (Wildman–Crippen LogP) is 2.38. The Morgan fingerprint density at radius 1 is 1.43 bits per heavy atom. The number of aromatic nitrogens is 2. The number of nitrogens with one attached hydrogen (secondary N) is 1. The monoisotopic (exact) mass is 304 g/mol. The number of urea groups is 1. The molecule has 2 amide bonds. The van der Waals surface area contributed by atoms with Crippen molar-refractivity contribution in [3.8, 4) is 10.4 Å². The van der Waals surface area contributed by atoms with Crippen LogP contribution in [0.3, 0.4) is 0 Å². The molecular formula is C14H16N4O2S. The van der Waals surface area contributed by atoms with E-state index in [1.807, 2.05) is 19.1 Å². The third-order valence-electron chi connectivity index (χ3n) is 3.42. The Balaban J connectivity index is 1.69. The van der Waals surface area contributed by atoms with Crippen molar-refractivity contribution in [3.63, 3.8) is 0 Å². The molecule has 2 aromatic rings. The highest BCUT2D eigenvalue weighted by Gasteiger charge is 2.30. The Hall–Kier alpha value is -1.99. The summed E-state index contributed by atoms with van der Waals surface area (Å²) in [5, 5.41) is 3.46. The van der Waals surface area contributed by atoms with E-state index in [2.05, 4.69) is 15.3 Å². The van der Waals surface area contributed by atoms with Gasteiger partial charge in [-0.2, -0.15) is 0 Å². The molecule has 2 aromatic heterocycles. The number of ether oxygens (including phenoxy) is 1. The number of hydrogen-bond acceptors (Lipinski definition) is 5. The largest absolute Gasteiger partial charge is 0.378 e. The molecule has 1 N–H and O–H groups in total. The molecule has 110 valence electrons. The molecule has 0 unspecified atom stereocenters. The van der Waals surface area contributed by atoms with Crippen LogP contribution in [0.4, 0.5) is 9.93 Å². The molecule has 1 fully saturated rings. The zero-order valence-electron chi connectivity index (χ0n) is 11.9. The van der Waals surface area contributed by atoms with Crippen LogP contribution in [-0.2, 0) is 4.74 Å². The molecule has 3 heterocycles.